The number of rotatable bonds is 3. The van der Waals surface area contributed by atoms with Crippen LogP contribution in [0.15, 0.2) is 18.2 Å². The molecule has 0 saturated carbocycles. The van der Waals surface area contributed by atoms with Crippen molar-refractivity contribution >= 4 is 11.8 Å². The van der Waals surface area contributed by atoms with Gasteiger partial charge in [0.25, 0.3) is 0 Å². The van der Waals surface area contributed by atoms with Gasteiger partial charge in [0, 0.05) is 11.8 Å². The first kappa shape index (κ1) is 14.9. The summed E-state index contributed by atoms with van der Waals surface area (Å²) in [6.45, 7) is 10.3. The van der Waals surface area contributed by atoms with Crippen LogP contribution in [0.25, 0.3) is 0 Å². The highest BCUT2D eigenvalue weighted by Crippen LogP contribution is 2.34. The Labute approximate surface area is 122 Å². The lowest BCUT2D eigenvalue weighted by Crippen LogP contribution is -2.23. The minimum Gasteiger partial charge on any atom is -0.310 e. The fourth-order valence-corrected chi connectivity index (χ4v) is 3.62. The lowest BCUT2D eigenvalue weighted by Gasteiger charge is -2.24. The number of thioether (sulfide) groups is 1. The molecule has 1 heterocycles. The molecule has 1 aliphatic rings. The number of fused-ring (bicyclic) bond motifs is 1. The Balaban J connectivity index is 2.33. The van der Waals surface area contributed by atoms with Gasteiger partial charge in [0.1, 0.15) is 0 Å². The molecule has 1 atom stereocenters. The summed E-state index contributed by atoms with van der Waals surface area (Å²) in [5.74, 6) is 2.44. The van der Waals surface area contributed by atoms with Crippen LogP contribution in [0.5, 0.6) is 0 Å². The molecule has 1 nitrogen and oxygen atoms in total. The highest BCUT2D eigenvalue weighted by atomic mass is 32.2. The monoisotopic (exact) mass is 277 g/mol. The van der Waals surface area contributed by atoms with E-state index in [2.05, 4.69) is 63.0 Å². The van der Waals surface area contributed by atoms with Crippen LogP contribution in [0.3, 0.4) is 0 Å². The van der Waals surface area contributed by atoms with E-state index in [1.165, 1.54) is 35.5 Å². The predicted octanol–water partition coefficient (Wildman–Crippen LogP) is 4.66. The molecule has 1 N–H and O–H groups in total. The van der Waals surface area contributed by atoms with E-state index in [1.807, 2.05) is 0 Å². The van der Waals surface area contributed by atoms with E-state index < -0.39 is 0 Å². The number of benzene rings is 1. The summed E-state index contributed by atoms with van der Waals surface area (Å²) in [5, 5.41) is 3.73. The van der Waals surface area contributed by atoms with Crippen LogP contribution < -0.4 is 5.32 Å². The van der Waals surface area contributed by atoms with Crippen LogP contribution in [-0.2, 0) is 11.2 Å². The van der Waals surface area contributed by atoms with Gasteiger partial charge in [-0.05, 0) is 47.2 Å². The zero-order valence-electron chi connectivity index (χ0n) is 12.8. The lowest BCUT2D eigenvalue weighted by molar-refractivity contribution is 0.518. The molecule has 2 heteroatoms. The third kappa shape index (κ3) is 3.76. The zero-order chi connectivity index (χ0) is 13.9. The van der Waals surface area contributed by atoms with Gasteiger partial charge in [0.05, 0.1) is 0 Å². The summed E-state index contributed by atoms with van der Waals surface area (Å²) in [7, 11) is 0. The zero-order valence-corrected chi connectivity index (χ0v) is 13.6. The molecule has 1 unspecified atom stereocenters. The van der Waals surface area contributed by atoms with Crippen LogP contribution in [-0.4, -0.2) is 12.3 Å². The second-order valence-electron chi connectivity index (χ2n) is 6.51. The largest absolute Gasteiger partial charge is 0.310 e. The molecular weight excluding hydrogens is 250 g/mol. The Morgan fingerprint density at radius 1 is 1.32 bits per heavy atom. The van der Waals surface area contributed by atoms with Crippen molar-refractivity contribution < 1.29 is 0 Å². The van der Waals surface area contributed by atoms with Gasteiger partial charge in [0.15, 0.2) is 0 Å². The Morgan fingerprint density at radius 2 is 2.11 bits per heavy atom. The van der Waals surface area contributed by atoms with Crippen LogP contribution in [0, 0.1) is 0 Å². The van der Waals surface area contributed by atoms with Gasteiger partial charge in [-0.15, -0.1) is 0 Å². The molecule has 0 amide bonds. The standard InChI is InChI=1S/C17H27NS/c1-5-9-18-16-8-10-19-12-13-6-7-14(11-15(13)16)17(2,3)4/h6-7,11,16,18H,5,8-10,12H2,1-4H3. The van der Waals surface area contributed by atoms with Gasteiger partial charge in [-0.25, -0.2) is 0 Å². The lowest BCUT2D eigenvalue weighted by atomic mass is 9.84. The van der Waals surface area contributed by atoms with Gasteiger partial charge in [-0.2, -0.15) is 11.8 Å². The molecule has 2 rings (SSSR count). The van der Waals surface area contributed by atoms with Crippen LogP contribution in [0.4, 0.5) is 0 Å². The van der Waals surface area contributed by atoms with Gasteiger partial charge in [0.2, 0.25) is 0 Å². The Bertz CT molecular complexity index is 420. The van der Waals surface area contributed by atoms with Crippen molar-refractivity contribution in [2.45, 2.75) is 57.7 Å². The average molecular weight is 277 g/mol. The third-order valence-electron chi connectivity index (χ3n) is 3.84. The van der Waals surface area contributed by atoms with E-state index in [1.54, 1.807) is 5.56 Å². The fourth-order valence-electron chi connectivity index (χ4n) is 2.59. The van der Waals surface area contributed by atoms with E-state index >= 15 is 0 Å². The maximum Gasteiger partial charge on any atom is 0.0331 e. The van der Waals surface area contributed by atoms with Gasteiger partial charge < -0.3 is 5.32 Å². The molecule has 0 spiro atoms. The van der Waals surface area contributed by atoms with Crippen molar-refractivity contribution in [3.8, 4) is 0 Å². The molecule has 1 aromatic carbocycles. The first-order chi connectivity index (χ1) is 9.02. The molecule has 0 radical (unpaired) electrons. The van der Waals surface area contributed by atoms with E-state index in [0.717, 1.165) is 6.54 Å². The summed E-state index contributed by atoms with van der Waals surface area (Å²) in [4.78, 5) is 0. The van der Waals surface area contributed by atoms with Crippen molar-refractivity contribution in [3.63, 3.8) is 0 Å². The molecule has 0 aliphatic carbocycles. The number of hydrogen-bond acceptors (Lipinski definition) is 2. The normalized spacial score (nSPS) is 19.9. The summed E-state index contributed by atoms with van der Waals surface area (Å²) < 4.78 is 0. The number of nitrogens with one attached hydrogen (secondary N) is 1. The van der Waals surface area contributed by atoms with E-state index in [-0.39, 0.29) is 5.41 Å². The maximum atomic E-state index is 3.73. The van der Waals surface area contributed by atoms with Gasteiger partial charge in [-0.3, -0.25) is 0 Å². The van der Waals surface area contributed by atoms with Crippen molar-refractivity contribution in [1.29, 1.82) is 0 Å². The van der Waals surface area contributed by atoms with Crippen LogP contribution >= 0.6 is 11.8 Å². The summed E-state index contributed by atoms with van der Waals surface area (Å²) in [6.07, 6.45) is 2.46. The molecule has 106 valence electrons. The molecule has 0 fully saturated rings. The minimum atomic E-state index is 0.240. The molecule has 1 aliphatic heterocycles. The highest BCUT2D eigenvalue weighted by molar-refractivity contribution is 7.98. The molecule has 0 bridgehead atoms. The van der Waals surface area contributed by atoms with Gasteiger partial charge in [-0.1, -0.05) is 45.9 Å². The molecule has 0 aromatic heterocycles. The Hall–Kier alpha value is -0.470. The summed E-state index contributed by atoms with van der Waals surface area (Å²) in [5.41, 5.74) is 4.78. The average Bonchev–Trinajstić information content (AvgIpc) is 2.56. The van der Waals surface area contributed by atoms with Crippen LogP contribution in [0.2, 0.25) is 0 Å². The quantitative estimate of drug-likeness (QED) is 0.862. The predicted molar refractivity (Wildman–Crippen MR) is 87.0 cm³/mol. The van der Waals surface area contributed by atoms with Crippen molar-refractivity contribution in [2.24, 2.45) is 0 Å². The Morgan fingerprint density at radius 3 is 2.79 bits per heavy atom. The van der Waals surface area contributed by atoms with E-state index in [9.17, 15) is 0 Å². The second-order valence-corrected chi connectivity index (χ2v) is 7.62. The Kier molecular flexibility index (Phi) is 4.97. The molecule has 0 saturated heterocycles. The van der Waals surface area contributed by atoms with Crippen molar-refractivity contribution in [2.75, 3.05) is 12.3 Å². The molecule has 19 heavy (non-hydrogen) atoms. The second kappa shape index (κ2) is 6.32. The van der Waals surface area contributed by atoms with Crippen molar-refractivity contribution in [1.82, 2.24) is 5.32 Å². The van der Waals surface area contributed by atoms with E-state index in [0.29, 0.717) is 6.04 Å². The maximum absolute atomic E-state index is 3.73. The smallest absolute Gasteiger partial charge is 0.0331 e. The minimum absolute atomic E-state index is 0.240. The summed E-state index contributed by atoms with van der Waals surface area (Å²) in [6, 6.07) is 7.68. The first-order valence-corrected chi connectivity index (χ1v) is 8.62. The van der Waals surface area contributed by atoms with Crippen LogP contribution in [0.1, 0.15) is 63.3 Å². The highest BCUT2D eigenvalue weighted by Gasteiger charge is 2.21. The summed E-state index contributed by atoms with van der Waals surface area (Å²) >= 11 is 2.07. The third-order valence-corrected chi connectivity index (χ3v) is 4.88. The molecule has 1 aromatic rings. The fraction of sp³-hybridized carbons (Fsp3) is 0.647. The number of hydrogen-bond donors (Lipinski definition) is 1. The first-order valence-electron chi connectivity index (χ1n) is 7.47. The SMILES string of the molecule is CCCNC1CCSCc2ccc(C(C)(C)C)cc21. The van der Waals surface area contributed by atoms with Gasteiger partial charge >= 0.3 is 0 Å². The molecular formula is C17H27NS. The van der Waals surface area contributed by atoms with Crippen molar-refractivity contribution in [3.05, 3.63) is 34.9 Å². The van der Waals surface area contributed by atoms with E-state index in [4.69, 9.17) is 0 Å². The topological polar surface area (TPSA) is 12.0 Å².